The molecule has 0 saturated heterocycles. The van der Waals surface area contributed by atoms with Crippen molar-refractivity contribution in [1.82, 2.24) is 0 Å². The molecule has 0 saturated carbocycles. The molecule has 0 aliphatic carbocycles. The Labute approximate surface area is 59.0 Å². The summed E-state index contributed by atoms with van der Waals surface area (Å²) >= 11 is 0. The number of rotatable bonds is 2. The van der Waals surface area contributed by atoms with E-state index in [4.69, 9.17) is 0 Å². The van der Waals surface area contributed by atoms with Crippen molar-refractivity contribution in [1.29, 1.82) is 0 Å². The van der Waals surface area contributed by atoms with Gasteiger partial charge in [0.1, 0.15) is 0 Å². The Morgan fingerprint density at radius 1 is 1.80 bits per heavy atom. The highest BCUT2D eigenvalue weighted by atomic mass is 16.5. The molecule has 0 radical (unpaired) electrons. The number of carbonyl (C=O) groups excluding carboxylic acids is 1. The molecule has 4 heteroatoms. The lowest BCUT2D eigenvalue weighted by atomic mass is 10.3. The monoisotopic (exact) mass is 143 g/mol. The first-order chi connectivity index (χ1) is 4.59. The minimum absolute atomic E-state index is 0.0856. The summed E-state index contributed by atoms with van der Waals surface area (Å²) < 4.78 is 4.39. The summed E-state index contributed by atoms with van der Waals surface area (Å²) in [5.74, 6) is -0.693. The summed E-state index contributed by atoms with van der Waals surface area (Å²) in [6, 6.07) is 0. The predicted molar refractivity (Wildman–Crippen MR) is 36.5 cm³/mol. The van der Waals surface area contributed by atoms with Crippen molar-refractivity contribution in [2.24, 2.45) is 0 Å². The molecule has 1 amide bonds. The Morgan fingerprint density at radius 2 is 2.30 bits per heavy atom. The van der Waals surface area contributed by atoms with Crippen LogP contribution in [-0.2, 0) is 9.53 Å². The third kappa shape index (κ3) is 2.30. The molecule has 0 aromatic heterocycles. The van der Waals surface area contributed by atoms with E-state index < -0.39 is 5.91 Å². The van der Waals surface area contributed by atoms with E-state index in [1.54, 1.807) is 0 Å². The van der Waals surface area contributed by atoms with Crippen LogP contribution in [0.2, 0.25) is 0 Å². The molecule has 0 bridgehead atoms. The van der Waals surface area contributed by atoms with Gasteiger partial charge in [0, 0.05) is 0 Å². The van der Waals surface area contributed by atoms with Crippen molar-refractivity contribution in [3.8, 4) is 0 Å². The maximum atomic E-state index is 10.6. The van der Waals surface area contributed by atoms with Crippen LogP contribution in [0.4, 0.5) is 0 Å². The molecule has 0 aromatic rings. The Kier molecular flexibility index (Phi) is 3.17. The fourth-order valence-electron chi connectivity index (χ4n) is 0.332. The van der Waals surface area contributed by atoms with Crippen molar-refractivity contribution in [3.63, 3.8) is 0 Å². The molecule has 0 fully saturated rings. The average Bonchev–Trinajstić information content (AvgIpc) is 1.87. The second-order valence-corrected chi connectivity index (χ2v) is 1.75. The summed E-state index contributed by atoms with van der Waals surface area (Å²) in [5, 5.41) is 10.5. The average molecular weight is 143 g/mol. The van der Waals surface area contributed by atoms with E-state index in [9.17, 15) is 10.0 Å². The highest BCUT2D eigenvalue weighted by Crippen LogP contribution is 1.88. The van der Waals surface area contributed by atoms with Crippen LogP contribution in [0.3, 0.4) is 0 Å². The van der Waals surface area contributed by atoms with Crippen LogP contribution in [0.5, 0.6) is 0 Å². The Morgan fingerprint density at radius 3 is 2.60 bits per heavy atom. The summed E-state index contributed by atoms with van der Waals surface area (Å²) in [5.41, 5.74) is 0.184. The fourth-order valence-corrected chi connectivity index (χ4v) is 0.332. The highest BCUT2D eigenvalue weighted by molar-refractivity contribution is 5.86. The first kappa shape index (κ1) is 8.68. The van der Waals surface area contributed by atoms with E-state index >= 15 is 0 Å². The molecule has 0 N–H and O–H groups in total. The van der Waals surface area contributed by atoms with Gasteiger partial charge in [0.15, 0.2) is 0 Å². The van der Waals surface area contributed by atoms with E-state index in [-0.39, 0.29) is 10.3 Å². The second kappa shape index (κ2) is 3.66. The van der Waals surface area contributed by atoms with Gasteiger partial charge in [-0.05, 0) is 6.92 Å². The third-order valence-electron chi connectivity index (χ3n) is 0.766. The smallest absolute Gasteiger partial charge is 0.428 e. The first-order valence-corrected chi connectivity index (χ1v) is 2.62. The summed E-state index contributed by atoms with van der Waals surface area (Å²) in [4.78, 5) is 10.6. The lowest BCUT2D eigenvalue weighted by molar-refractivity contribution is -0.380. The number of amides is 1. The van der Waals surface area contributed by atoms with Crippen LogP contribution in [0.1, 0.15) is 6.92 Å². The summed E-state index contributed by atoms with van der Waals surface area (Å²) in [6.45, 7) is 4.75. The molecule has 0 atom stereocenters. The minimum Gasteiger partial charge on any atom is -0.614 e. The summed E-state index contributed by atoms with van der Waals surface area (Å²) in [6.07, 6.45) is 0.775. The largest absolute Gasteiger partial charge is 0.614 e. The number of ether oxygens (including phenoxy) is 1. The molecular formula is C6H9NO3. The molecule has 56 valence electrons. The number of hydrogen-bond acceptors (Lipinski definition) is 3. The summed E-state index contributed by atoms with van der Waals surface area (Å²) in [7, 11) is 1.29. The number of nitrogens with zero attached hydrogens (tertiary/aromatic N) is 1. The second-order valence-electron chi connectivity index (χ2n) is 1.75. The Hall–Kier alpha value is -1.32. The van der Waals surface area contributed by atoms with Crippen LogP contribution in [-0.4, -0.2) is 24.2 Å². The van der Waals surface area contributed by atoms with E-state index in [1.165, 1.54) is 14.0 Å². The normalized spacial score (nSPS) is 10.8. The van der Waals surface area contributed by atoms with E-state index in [1.807, 2.05) is 0 Å². The van der Waals surface area contributed by atoms with Crippen molar-refractivity contribution in [3.05, 3.63) is 17.4 Å². The van der Waals surface area contributed by atoms with Crippen LogP contribution < -0.4 is 0 Å². The molecule has 0 unspecified atom stereocenters. The van der Waals surface area contributed by atoms with Gasteiger partial charge in [-0.15, -0.1) is 4.74 Å². The van der Waals surface area contributed by atoms with Gasteiger partial charge in [0.25, 0.3) is 0 Å². The maximum Gasteiger partial charge on any atom is 0.428 e. The molecule has 4 nitrogen and oxygen atoms in total. The molecule has 0 heterocycles. The molecular weight excluding hydrogens is 134 g/mol. The van der Waals surface area contributed by atoms with Crippen LogP contribution in [0.15, 0.2) is 12.2 Å². The van der Waals surface area contributed by atoms with Crippen molar-refractivity contribution >= 4 is 12.3 Å². The van der Waals surface area contributed by atoms with Gasteiger partial charge >= 0.3 is 12.3 Å². The maximum absolute atomic E-state index is 10.6. The van der Waals surface area contributed by atoms with Gasteiger partial charge in [-0.3, -0.25) is 0 Å². The van der Waals surface area contributed by atoms with Gasteiger partial charge in [-0.25, -0.2) is 4.79 Å². The topological polar surface area (TPSA) is 52.4 Å². The third-order valence-corrected chi connectivity index (χ3v) is 0.766. The zero-order valence-electron chi connectivity index (χ0n) is 5.96. The molecule has 0 rings (SSSR count). The van der Waals surface area contributed by atoms with E-state index in [0.717, 1.165) is 6.40 Å². The zero-order chi connectivity index (χ0) is 8.15. The van der Waals surface area contributed by atoms with E-state index in [2.05, 4.69) is 11.3 Å². The standard InChI is InChI=1S/C6H9NO3/c1-5(2)6(8)7(9)4-10-3/h4H,1H2,2-3H3. The number of carbonyl (C=O) groups is 1. The van der Waals surface area contributed by atoms with Gasteiger partial charge < -0.3 is 9.94 Å². The molecule has 10 heavy (non-hydrogen) atoms. The van der Waals surface area contributed by atoms with Crippen LogP contribution in [0, 0.1) is 5.21 Å². The van der Waals surface area contributed by atoms with Gasteiger partial charge in [-0.1, -0.05) is 6.58 Å². The SMILES string of the molecule is C=C(C)C(=O)[N+]([O-])=COC. The Balaban J connectivity index is 4.22. The number of methoxy groups -OCH3 is 1. The fraction of sp³-hybridized carbons (Fsp3) is 0.333. The van der Waals surface area contributed by atoms with Crippen molar-refractivity contribution in [2.75, 3.05) is 7.11 Å². The van der Waals surface area contributed by atoms with Gasteiger partial charge in [0.05, 0.1) is 12.7 Å². The lowest BCUT2D eigenvalue weighted by Gasteiger charge is -1.97. The van der Waals surface area contributed by atoms with E-state index in [0.29, 0.717) is 0 Å². The molecule has 0 aliphatic rings. The van der Waals surface area contributed by atoms with Gasteiger partial charge in [0.2, 0.25) is 0 Å². The minimum atomic E-state index is -0.693. The van der Waals surface area contributed by atoms with Gasteiger partial charge in [-0.2, -0.15) is 0 Å². The lowest BCUT2D eigenvalue weighted by Crippen LogP contribution is -2.16. The highest BCUT2D eigenvalue weighted by Gasteiger charge is 2.10. The number of hydrogen-bond donors (Lipinski definition) is 0. The van der Waals surface area contributed by atoms with Crippen LogP contribution in [0.25, 0.3) is 0 Å². The zero-order valence-corrected chi connectivity index (χ0v) is 5.96. The molecule has 0 aliphatic heterocycles. The molecule has 0 spiro atoms. The first-order valence-electron chi connectivity index (χ1n) is 2.62. The van der Waals surface area contributed by atoms with Crippen LogP contribution >= 0.6 is 0 Å². The predicted octanol–water partition coefficient (Wildman–Crippen LogP) is 0.274. The van der Waals surface area contributed by atoms with Crippen molar-refractivity contribution < 1.29 is 14.3 Å². The molecule has 0 aromatic carbocycles. The number of hydroxylamine groups is 1. The Bertz CT molecular complexity index is 183. The van der Waals surface area contributed by atoms with Crippen molar-refractivity contribution in [2.45, 2.75) is 6.92 Å². The quantitative estimate of drug-likeness (QED) is 0.139.